The van der Waals surface area contributed by atoms with E-state index in [0.717, 1.165) is 5.56 Å². The number of thioether (sulfide) groups is 1. The molecule has 2 aromatic rings. The number of benzene rings is 1. The minimum Gasteiger partial charge on any atom is -0.450 e. The van der Waals surface area contributed by atoms with Crippen molar-refractivity contribution in [2.75, 3.05) is 25.4 Å². The average Bonchev–Trinajstić information content (AvgIpc) is 3.16. The third kappa shape index (κ3) is 6.24. The molecule has 0 aliphatic carbocycles. The summed E-state index contributed by atoms with van der Waals surface area (Å²) in [5.41, 5.74) is 0.892. The maximum atomic E-state index is 12.5. The Morgan fingerprint density at radius 2 is 2.00 bits per heavy atom. The maximum absolute atomic E-state index is 12.5. The molecule has 166 valence electrons. The number of amides is 2. The molecular formula is C21H26ClN5O3S. The molecule has 1 fully saturated rings. The molecule has 0 saturated carbocycles. The van der Waals surface area contributed by atoms with Gasteiger partial charge in [0.05, 0.1) is 12.4 Å². The molecule has 1 aromatic heterocycles. The van der Waals surface area contributed by atoms with Gasteiger partial charge in [0.1, 0.15) is 0 Å². The van der Waals surface area contributed by atoms with Gasteiger partial charge in [0.25, 0.3) is 0 Å². The van der Waals surface area contributed by atoms with Gasteiger partial charge in [0, 0.05) is 36.3 Å². The van der Waals surface area contributed by atoms with Gasteiger partial charge in [-0.1, -0.05) is 29.4 Å². The van der Waals surface area contributed by atoms with E-state index in [1.807, 2.05) is 16.7 Å². The molecular weight excluding hydrogens is 438 g/mol. The van der Waals surface area contributed by atoms with Crippen molar-refractivity contribution >= 4 is 35.4 Å². The number of allylic oxidation sites excluding steroid dienone is 1. The molecule has 1 saturated heterocycles. The number of ether oxygens (including phenoxy) is 1. The number of nitrogens with zero attached hydrogens (tertiary/aromatic N) is 4. The Kier molecular flexibility index (Phi) is 8.36. The van der Waals surface area contributed by atoms with Crippen molar-refractivity contribution < 1.29 is 14.3 Å². The summed E-state index contributed by atoms with van der Waals surface area (Å²) in [6.45, 7) is 7.64. The number of hydrogen-bond acceptors (Lipinski definition) is 6. The number of carbonyl (C=O) groups is 2. The van der Waals surface area contributed by atoms with E-state index in [4.69, 9.17) is 16.3 Å². The number of aromatic nitrogens is 3. The number of halogens is 1. The summed E-state index contributed by atoms with van der Waals surface area (Å²) in [4.78, 5) is 25.9. The van der Waals surface area contributed by atoms with Gasteiger partial charge < -0.3 is 15.0 Å². The first kappa shape index (κ1) is 23.1. The lowest BCUT2D eigenvalue weighted by atomic mass is 10.1. The highest BCUT2D eigenvalue weighted by molar-refractivity contribution is 7.99. The minimum atomic E-state index is -0.291. The van der Waals surface area contributed by atoms with Crippen LogP contribution in [0.2, 0.25) is 5.02 Å². The molecule has 2 amide bonds. The van der Waals surface area contributed by atoms with E-state index in [9.17, 15) is 9.59 Å². The van der Waals surface area contributed by atoms with Crippen LogP contribution in [0.4, 0.5) is 4.79 Å². The first-order valence-corrected chi connectivity index (χ1v) is 11.5. The van der Waals surface area contributed by atoms with Crippen molar-refractivity contribution in [2.45, 2.75) is 37.5 Å². The van der Waals surface area contributed by atoms with Crippen molar-refractivity contribution in [1.29, 1.82) is 0 Å². The minimum absolute atomic E-state index is 0.0504. The fourth-order valence-electron chi connectivity index (χ4n) is 3.32. The first-order valence-electron chi connectivity index (χ1n) is 10.2. The number of likely N-dealkylation sites (tertiary alicyclic amines) is 1. The number of hydrogen-bond donors (Lipinski definition) is 1. The molecule has 0 bridgehead atoms. The summed E-state index contributed by atoms with van der Waals surface area (Å²) in [5.74, 6) is 0.861. The van der Waals surface area contributed by atoms with Gasteiger partial charge in [-0.15, -0.1) is 16.8 Å². The maximum Gasteiger partial charge on any atom is 0.409 e. The van der Waals surface area contributed by atoms with Crippen LogP contribution in [-0.4, -0.2) is 63.2 Å². The summed E-state index contributed by atoms with van der Waals surface area (Å²) in [5, 5.41) is 12.9. The molecule has 10 heteroatoms. The fraction of sp³-hybridized carbons (Fsp3) is 0.429. The van der Waals surface area contributed by atoms with Gasteiger partial charge in [-0.25, -0.2) is 4.79 Å². The SMILES string of the molecule is C=CCn1c(SCC(=O)NC2CCN(C(=O)OCC)CC2)nnc1-c1ccc(Cl)cc1. The Morgan fingerprint density at radius 3 is 2.65 bits per heavy atom. The normalized spacial score (nSPS) is 14.3. The van der Waals surface area contributed by atoms with E-state index in [0.29, 0.717) is 55.1 Å². The number of nitrogens with one attached hydrogen (secondary N) is 1. The Bertz CT molecular complexity index is 910. The third-order valence-electron chi connectivity index (χ3n) is 4.85. The smallest absolute Gasteiger partial charge is 0.409 e. The van der Waals surface area contributed by atoms with Crippen LogP contribution in [0.3, 0.4) is 0 Å². The van der Waals surface area contributed by atoms with E-state index in [1.165, 1.54) is 11.8 Å². The van der Waals surface area contributed by atoms with Crippen molar-refractivity contribution in [3.8, 4) is 11.4 Å². The average molecular weight is 464 g/mol. The molecule has 1 N–H and O–H groups in total. The Balaban J connectivity index is 1.54. The monoisotopic (exact) mass is 463 g/mol. The molecule has 31 heavy (non-hydrogen) atoms. The van der Waals surface area contributed by atoms with E-state index in [1.54, 1.807) is 30.0 Å². The molecule has 1 aliphatic rings. The summed E-state index contributed by atoms with van der Waals surface area (Å²) in [7, 11) is 0. The molecule has 1 aromatic carbocycles. The van der Waals surface area contributed by atoms with Crippen LogP contribution in [0.15, 0.2) is 42.1 Å². The molecule has 2 heterocycles. The van der Waals surface area contributed by atoms with Gasteiger partial charge in [-0.05, 0) is 44.0 Å². The van der Waals surface area contributed by atoms with Gasteiger partial charge in [0.2, 0.25) is 5.91 Å². The molecule has 0 unspecified atom stereocenters. The van der Waals surface area contributed by atoms with Crippen LogP contribution in [-0.2, 0) is 16.1 Å². The van der Waals surface area contributed by atoms with Crippen molar-refractivity contribution in [2.24, 2.45) is 0 Å². The first-order chi connectivity index (χ1) is 15.0. The zero-order valence-electron chi connectivity index (χ0n) is 17.4. The zero-order chi connectivity index (χ0) is 22.2. The molecule has 0 atom stereocenters. The lowest BCUT2D eigenvalue weighted by molar-refractivity contribution is -0.119. The largest absolute Gasteiger partial charge is 0.450 e. The second-order valence-corrected chi connectivity index (χ2v) is 8.41. The standard InChI is InChI=1S/C21H26ClN5O3S/c1-3-11-27-19(15-5-7-16(22)8-6-15)24-25-20(27)31-14-18(28)23-17-9-12-26(13-10-17)21(29)30-4-2/h3,5-8,17H,1,4,9-14H2,2H3,(H,23,28). The fourth-order valence-corrected chi connectivity index (χ4v) is 4.21. The van der Waals surface area contributed by atoms with E-state index in [2.05, 4.69) is 22.1 Å². The highest BCUT2D eigenvalue weighted by atomic mass is 35.5. The van der Waals surface area contributed by atoms with Crippen molar-refractivity contribution in [3.63, 3.8) is 0 Å². The van der Waals surface area contributed by atoms with Crippen LogP contribution in [0.1, 0.15) is 19.8 Å². The second kappa shape index (κ2) is 11.2. The van der Waals surface area contributed by atoms with Gasteiger partial charge >= 0.3 is 6.09 Å². The molecule has 8 nitrogen and oxygen atoms in total. The lowest BCUT2D eigenvalue weighted by Crippen LogP contribution is -2.47. The lowest BCUT2D eigenvalue weighted by Gasteiger charge is -2.31. The molecule has 0 spiro atoms. The van der Waals surface area contributed by atoms with Crippen LogP contribution >= 0.6 is 23.4 Å². The number of piperidine rings is 1. The van der Waals surface area contributed by atoms with E-state index < -0.39 is 0 Å². The van der Waals surface area contributed by atoms with Gasteiger partial charge in [-0.3, -0.25) is 9.36 Å². The Hall–Kier alpha value is -2.52. The Morgan fingerprint density at radius 1 is 1.29 bits per heavy atom. The zero-order valence-corrected chi connectivity index (χ0v) is 19.0. The van der Waals surface area contributed by atoms with Gasteiger partial charge in [-0.2, -0.15) is 0 Å². The highest BCUT2D eigenvalue weighted by Crippen LogP contribution is 2.25. The number of rotatable bonds is 8. The second-order valence-electron chi connectivity index (χ2n) is 7.03. The van der Waals surface area contributed by atoms with Crippen LogP contribution in [0.5, 0.6) is 0 Å². The summed E-state index contributed by atoms with van der Waals surface area (Å²) in [6.07, 6.45) is 2.90. The highest BCUT2D eigenvalue weighted by Gasteiger charge is 2.24. The number of carbonyl (C=O) groups excluding carboxylic acids is 2. The van der Waals surface area contributed by atoms with E-state index >= 15 is 0 Å². The predicted octanol–water partition coefficient (Wildman–Crippen LogP) is 3.61. The van der Waals surface area contributed by atoms with E-state index in [-0.39, 0.29) is 23.8 Å². The van der Waals surface area contributed by atoms with Crippen molar-refractivity contribution in [3.05, 3.63) is 41.9 Å². The summed E-state index contributed by atoms with van der Waals surface area (Å²) in [6, 6.07) is 7.43. The predicted molar refractivity (Wildman–Crippen MR) is 121 cm³/mol. The van der Waals surface area contributed by atoms with Crippen molar-refractivity contribution in [1.82, 2.24) is 25.0 Å². The Labute approximate surface area is 191 Å². The van der Waals surface area contributed by atoms with Crippen LogP contribution in [0.25, 0.3) is 11.4 Å². The molecule has 1 aliphatic heterocycles. The molecule has 0 radical (unpaired) electrons. The van der Waals surface area contributed by atoms with Crippen LogP contribution < -0.4 is 5.32 Å². The summed E-state index contributed by atoms with van der Waals surface area (Å²) < 4.78 is 6.95. The third-order valence-corrected chi connectivity index (χ3v) is 6.07. The molecule has 3 rings (SSSR count). The topological polar surface area (TPSA) is 89.4 Å². The summed E-state index contributed by atoms with van der Waals surface area (Å²) >= 11 is 7.31. The van der Waals surface area contributed by atoms with Gasteiger partial charge in [0.15, 0.2) is 11.0 Å². The quantitative estimate of drug-likeness (QED) is 0.475. The van der Waals surface area contributed by atoms with Crippen LogP contribution in [0, 0.1) is 0 Å².